The second kappa shape index (κ2) is 5.52. The van der Waals surface area contributed by atoms with Crippen LogP contribution in [0.4, 0.5) is 5.69 Å². The monoisotopic (exact) mass is 284 g/mol. The van der Waals surface area contributed by atoms with Crippen LogP contribution in [-0.2, 0) is 9.59 Å². The van der Waals surface area contributed by atoms with E-state index in [-0.39, 0.29) is 23.1 Å². The number of benzene rings is 1. The largest absolute Gasteiger partial charge is 0.476 e. The van der Waals surface area contributed by atoms with E-state index in [9.17, 15) is 14.7 Å². The predicted molar refractivity (Wildman–Crippen MR) is 79.0 cm³/mol. The number of nitrogens with zero attached hydrogens (tertiary/aromatic N) is 2. The highest BCUT2D eigenvalue weighted by atomic mass is 16.4. The van der Waals surface area contributed by atoms with E-state index in [4.69, 9.17) is 0 Å². The lowest BCUT2D eigenvalue weighted by Crippen LogP contribution is -2.22. The maximum Gasteiger partial charge on any atom is 0.357 e. The Morgan fingerprint density at radius 1 is 1.24 bits per heavy atom. The lowest BCUT2D eigenvalue weighted by molar-refractivity contribution is -0.129. The van der Waals surface area contributed by atoms with Gasteiger partial charge in [-0.05, 0) is 30.9 Å². The molecule has 5 heteroatoms. The molecule has 1 aromatic rings. The fourth-order valence-electron chi connectivity index (χ4n) is 2.83. The zero-order valence-corrected chi connectivity index (χ0v) is 11.5. The van der Waals surface area contributed by atoms with Crippen LogP contribution in [0.15, 0.2) is 47.1 Å². The molecule has 0 spiro atoms. The van der Waals surface area contributed by atoms with E-state index < -0.39 is 5.97 Å². The molecule has 108 valence electrons. The molecule has 0 radical (unpaired) electrons. The number of para-hydroxylation sites is 1. The molecule has 5 nitrogen and oxygen atoms in total. The Balaban J connectivity index is 1.96. The summed E-state index contributed by atoms with van der Waals surface area (Å²) in [4.78, 5) is 23.8. The zero-order valence-electron chi connectivity index (χ0n) is 11.5. The quantitative estimate of drug-likeness (QED) is 0.867. The number of carbonyl (C=O) groups excluding carboxylic acids is 1. The second-order valence-corrected chi connectivity index (χ2v) is 5.33. The van der Waals surface area contributed by atoms with Crippen molar-refractivity contribution in [1.82, 2.24) is 0 Å². The molecule has 1 aromatic carbocycles. The van der Waals surface area contributed by atoms with Gasteiger partial charge >= 0.3 is 5.97 Å². The summed E-state index contributed by atoms with van der Waals surface area (Å²) in [5, 5.41) is 14.5. The van der Waals surface area contributed by atoms with Gasteiger partial charge in [-0.2, -0.15) is 10.1 Å². The fourth-order valence-corrected chi connectivity index (χ4v) is 2.83. The first-order chi connectivity index (χ1) is 10.2. The van der Waals surface area contributed by atoms with Gasteiger partial charge in [0.15, 0.2) is 5.71 Å². The highest BCUT2D eigenvalue weighted by molar-refractivity contribution is 6.52. The molecular formula is C16H16N2O3. The molecule has 2 aliphatic rings. The van der Waals surface area contributed by atoms with Gasteiger partial charge < -0.3 is 5.11 Å². The number of carboxylic acids is 1. The van der Waals surface area contributed by atoms with Crippen LogP contribution in [0.5, 0.6) is 0 Å². The number of carbonyl (C=O) groups is 2. The smallest absolute Gasteiger partial charge is 0.357 e. The Bertz CT molecular complexity index is 628. The molecule has 0 bridgehead atoms. The van der Waals surface area contributed by atoms with Gasteiger partial charge in [-0.25, -0.2) is 4.79 Å². The molecule has 1 fully saturated rings. The van der Waals surface area contributed by atoms with Gasteiger partial charge in [0.25, 0.3) is 5.91 Å². The van der Waals surface area contributed by atoms with E-state index in [1.54, 1.807) is 30.3 Å². The van der Waals surface area contributed by atoms with Crippen molar-refractivity contribution < 1.29 is 14.7 Å². The highest BCUT2D eigenvalue weighted by Gasteiger charge is 2.35. The number of hydrogen-bond donors (Lipinski definition) is 1. The van der Waals surface area contributed by atoms with Gasteiger partial charge in [0.1, 0.15) is 0 Å². The molecule has 0 atom stereocenters. The number of anilines is 1. The first kappa shape index (κ1) is 13.5. The van der Waals surface area contributed by atoms with Gasteiger partial charge in [0.05, 0.1) is 11.3 Å². The summed E-state index contributed by atoms with van der Waals surface area (Å²) in [7, 11) is 0. The lowest BCUT2D eigenvalue weighted by atomic mass is 10.0. The van der Waals surface area contributed by atoms with E-state index in [1.807, 2.05) is 6.07 Å². The fraction of sp³-hybridized carbons (Fsp3) is 0.312. The number of carboxylic acid groups (broad SMARTS) is 1. The third-order valence-corrected chi connectivity index (χ3v) is 3.88. The van der Waals surface area contributed by atoms with Gasteiger partial charge in [-0.3, -0.25) is 4.79 Å². The van der Waals surface area contributed by atoms with Crippen LogP contribution in [0.2, 0.25) is 0 Å². The summed E-state index contributed by atoms with van der Waals surface area (Å²) in [6, 6.07) is 8.88. The topological polar surface area (TPSA) is 70.0 Å². The molecule has 0 unspecified atom stereocenters. The maximum absolute atomic E-state index is 12.5. The minimum Gasteiger partial charge on any atom is -0.476 e. The van der Waals surface area contributed by atoms with E-state index >= 15 is 0 Å². The van der Waals surface area contributed by atoms with E-state index in [2.05, 4.69) is 5.10 Å². The molecule has 0 saturated heterocycles. The van der Waals surface area contributed by atoms with Crippen LogP contribution in [0.3, 0.4) is 0 Å². The molecule has 3 rings (SSSR count). The lowest BCUT2D eigenvalue weighted by Gasteiger charge is -2.11. The Labute approximate surface area is 122 Å². The van der Waals surface area contributed by atoms with Crippen molar-refractivity contribution in [2.75, 3.05) is 5.01 Å². The molecule has 0 aromatic heterocycles. The van der Waals surface area contributed by atoms with Crippen LogP contribution in [0.25, 0.3) is 0 Å². The molecule has 1 amide bonds. The van der Waals surface area contributed by atoms with Crippen LogP contribution in [0.1, 0.15) is 25.7 Å². The Morgan fingerprint density at radius 2 is 1.90 bits per heavy atom. The Kier molecular flexibility index (Phi) is 3.56. The third kappa shape index (κ3) is 2.59. The minimum atomic E-state index is -1.16. The Morgan fingerprint density at radius 3 is 2.52 bits per heavy atom. The number of allylic oxidation sites excluding steroid dienone is 1. The standard InChI is InChI=1S/C16H16N2O3/c19-15-13(10-11-6-4-5-7-11)14(16(20)21)17-18(15)12-8-2-1-3-9-12/h1-3,8-11H,4-7H2,(H,20,21)/b13-10-. The van der Waals surface area contributed by atoms with Crippen LogP contribution in [0, 0.1) is 5.92 Å². The SMILES string of the molecule is O=C(O)C1=NN(c2ccccc2)C(=O)/C1=C\C1CCCC1. The van der Waals surface area contributed by atoms with E-state index in [1.165, 1.54) is 5.01 Å². The molecule has 1 heterocycles. The summed E-state index contributed by atoms with van der Waals surface area (Å²) in [5.74, 6) is -1.24. The summed E-state index contributed by atoms with van der Waals surface area (Å²) in [6.07, 6.45) is 6.07. The van der Waals surface area contributed by atoms with Crippen molar-refractivity contribution in [3.8, 4) is 0 Å². The van der Waals surface area contributed by atoms with Crippen molar-refractivity contribution in [2.24, 2.45) is 11.0 Å². The molecule has 1 N–H and O–H groups in total. The first-order valence-electron chi connectivity index (χ1n) is 7.10. The number of hydrogen-bond acceptors (Lipinski definition) is 3. The molecule has 1 aliphatic heterocycles. The molecule has 21 heavy (non-hydrogen) atoms. The molecular weight excluding hydrogens is 268 g/mol. The summed E-state index contributed by atoms with van der Waals surface area (Å²) < 4.78 is 0. The zero-order chi connectivity index (χ0) is 14.8. The summed E-state index contributed by atoms with van der Waals surface area (Å²) in [5.41, 5.74) is 0.644. The van der Waals surface area contributed by atoms with Gasteiger partial charge in [-0.15, -0.1) is 0 Å². The van der Waals surface area contributed by atoms with Crippen molar-refractivity contribution >= 4 is 23.3 Å². The van der Waals surface area contributed by atoms with Crippen molar-refractivity contribution in [2.45, 2.75) is 25.7 Å². The van der Waals surface area contributed by atoms with E-state index in [0.717, 1.165) is 25.7 Å². The molecule has 1 aliphatic carbocycles. The highest BCUT2D eigenvalue weighted by Crippen LogP contribution is 2.30. The number of aliphatic carboxylic acids is 1. The second-order valence-electron chi connectivity index (χ2n) is 5.33. The van der Waals surface area contributed by atoms with Gasteiger partial charge in [0.2, 0.25) is 0 Å². The number of rotatable bonds is 3. The summed E-state index contributed by atoms with van der Waals surface area (Å²) >= 11 is 0. The van der Waals surface area contributed by atoms with Crippen LogP contribution < -0.4 is 5.01 Å². The van der Waals surface area contributed by atoms with Crippen molar-refractivity contribution in [3.63, 3.8) is 0 Å². The average Bonchev–Trinajstić information content (AvgIpc) is 3.10. The summed E-state index contributed by atoms with van der Waals surface area (Å²) in [6.45, 7) is 0. The number of amides is 1. The maximum atomic E-state index is 12.5. The van der Waals surface area contributed by atoms with E-state index in [0.29, 0.717) is 5.69 Å². The third-order valence-electron chi connectivity index (χ3n) is 3.88. The van der Waals surface area contributed by atoms with Crippen molar-refractivity contribution in [3.05, 3.63) is 42.0 Å². The minimum absolute atomic E-state index is 0.157. The van der Waals surface area contributed by atoms with Crippen molar-refractivity contribution in [1.29, 1.82) is 0 Å². The molecule has 1 saturated carbocycles. The predicted octanol–water partition coefficient (Wildman–Crippen LogP) is 2.59. The van der Waals surface area contributed by atoms with Gasteiger partial charge in [0, 0.05) is 0 Å². The number of hydrazone groups is 1. The van der Waals surface area contributed by atoms with Crippen LogP contribution in [-0.4, -0.2) is 22.7 Å². The normalized spacial score (nSPS) is 21.1. The Hall–Kier alpha value is -2.43. The first-order valence-corrected chi connectivity index (χ1v) is 7.10. The average molecular weight is 284 g/mol. The van der Waals surface area contributed by atoms with Gasteiger partial charge in [-0.1, -0.05) is 37.1 Å². The van der Waals surface area contributed by atoms with Crippen LogP contribution >= 0.6 is 0 Å².